The molecule has 0 radical (unpaired) electrons. The number of piperazine rings is 1. The monoisotopic (exact) mass is 574 g/mol. The fraction of sp³-hybridized carbons (Fsp3) is 0.414. The number of esters is 1. The van der Waals surface area contributed by atoms with Gasteiger partial charge in [-0.05, 0) is 49.7 Å². The van der Waals surface area contributed by atoms with Crippen molar-refractivity contribution in [3.63, 3.8) is 0 Å². The van der Waals surface area contributed by atoms with Crippen LogP contribution in [0.5, 0.6) is 5.75 Å². The van der Waals surface area contributed by atoms with E-state index in [2.05, 4.69) is 5.32 Å². The second-order valence-corrected chi connectivity index (χ2v) is 9.96. The second kappa shape index (κ2) is 12.2. The number of carbonyl (C=O) groups excluding carboxylic acids is 3. The summed E-state index contributed by atoms with van der Waals surface area (Å²) in [7, 11) is 3.06. The molecule has 3 amide bonds. The molecule has 0 bridgehead atoms. The fourth-order valence-electron chi connectivity index (χ4n) is 5.12. The van der Waals surface area contributed by atoms with Gasteiger partial charge in [-0.25, -0.2) is 9.59 Å². The van der Waals surface area contributed by atoms with Gasteiger partial charge in [0.2, 0.25) is 0 Å². The van der Waals surface area contributed by atoms with E-state index in [1.807, 2.05) is 11.8 Å². The minimum atomic E-state index is -4.52. The van der Waals surface area contributed by atoms with Crippen molar-refractivity contribution in [2.24, 2.45) is 0 Å². The number of benzene rings is 2. The number of urea groups is 1. The molecule has 1 saturated heterocycles. The molecule has 2 atom stereocenters. The highest BCUT2D eigenvalue weighted by Gasteiger charge is 2.39. The van der Waals surface area contributed by atoms with Crippen LogP contribution >= 0.6 is 0 Å². The molecule has 41 heavy (non-hydrogen) atoms. The third-order valence-electron chi connectivity index (χ3n) is 7.31. The van der Waals surface area contributed by atoms with Gasteiger partial charge < -0.3 is 19.7 Å². The van der Waals surface area contributed by atoms with Crippen LogP contribution in [0, 0.1) is 0 Å². The van der Waals surface area contributed by atoms with E-state index in [0.717, 1.165) is 12.1 Å². The number of alkyl halides is 3. The Kier molecular flexibility index (Phi) is 8.91. The lowest BCUT2D eigenvalue weighted by atomic mass is 9.93. The van der Waals surface area contributed by atoms with Gasteiger partial charge in [0.15, 0.2) is 0 Å². The number of rotatable bonds is 7. The van der Waals surface area contributed by atoms with E-state index in [1.165, 1.54) is 31.2 Å². The first-order valence-corrected chi connectivity index (χ1v) is 13.2. The first-order chi connectivity index (χ1) is 19.4. The van der Waals surface area contributed by atoms with Crippen molar-refractivity contribution in [2.45, 2.75) is 32.1 Å². The smallest absolute Gasteiger partial charge is 0.416 e. The van der Waals surface area contributed by atoms with Crippen LogP contribution < -0.4 is 10.1 Å². The van der Waals surface area contributed by atoms with Crippen LogP contribution in [0.3, 0.4) is 0 Å². The van der Waals surface area contributed by atoms with Gasteiger partial charge in [-0.2, -0.15) is 13.2 Å². The van der Waals surface area contributed by atoms with Crippen LogP contribution in [-0.4, -0.2) is 85.6 Å². The SMILES string of the molecule is CCOC(=O)C1=C(CN2CCN(C(=O)c3cccc(OC)c3)[C@H](C)C2)N(C)C(=O)N[C@@H]1c1ccc(C(F)(F)F)cc1. The van der Waals surface area contributed by atoms with Crippen molar-refractivity contribution in [2.75, 3.05) is 46.9 Å². The second-order valence-electron chi connectivity index (χ2n) is 9.96. The van der Waals surface area contributed by atoms with Gasteiger partial charge in [-0.15, -0.1) is 0 Å². The van der Waals surface area contributed by atoms with E-state index in [-0.39, 0.29) is 30.7 Å². The standard InChI is InChI=1S/C29H33F3N4O5/c1-5-41-27(38)24-23(34(3)28(39)33-25(24)19-9-11-21(12-10-19)29(30,31)32)17-35-13-14-36(18(2)16-35)26(37)20-7-6-8-22(15-20)40-4/h6-12,15,18,25H,5,13-14,16-17H2,1-4H3,(H,33,39)/t18-,25-/m1/s1. The highest BCUT2D eigenvalue weighted by molar-refractivity contribution is 5.96. The maximum atomic E-state index is 13.2. The molecule has 1 N–H and O–H groups in total. The Balaban J connectivity index is 1.60. The molecule has 12 heteroatoms. The summed E-state index contributed by atoms with van der Waals surface area (Å²) in [6.07, 6.45) is -4.52. The number of amides is 3. The lowest BCUT2D eigenvalue weighted by molar-refractivity contribution is -0.139. The number of nitrogens with one attached hydrogen (secondary N) is 1. The van der Waals surface area contributed by atoms with Crippen LogP contribution in [0.4, 0.5) is 18.0 Å². The van der Waals surface area contributed by atoms with E-state index in [9.17, 15) is 27.6 Å². The number of ether oxygens (including phenoxy) is 2. The molecule has 2 aliphatic heterocycles. The van der Waals surface area contributed by atoms with Crippen LogP contribution in [0.25, 0.3) is 0 Å². The molecule has 0 spiro atoms. The molecule has 4 rings (SSSR count). The molecule has 0 unspecified atom stereocenters. The normalized spacial score (nSPS) is 20.1. The van der Waals surface area contributed by atoms with Crippen molar-refractivity contribution in [1.29, 1.82) is 0 Å². The molecule has 2 aromatic rings. The van der Waals surface area contributed by atoms with Crippen LogP contribution in [0.1, 0.15) is 41.4 Å². The number of hydrogen-bond donors (Lipinski definition) is 1. The summed E-state index contributed by atoms with van der Waals surface area (Å²) in [6.45, 7) is 5.20. The maximum absolute atomic E-state index is 13.2. The topological polar surface area (TPSA) is 91.4 Å². The van der Waals surface area contributed by atoms with Gasteiger partial charge in [0, 0.05) is 50.5 Å². The van der Waals surface area contributed by atoms with Crippen molar-refractivity contribution >= 4 is 17.9 Å². The van der Waals surface area contributed by atoms with Gasteiger partial charge in [-0.3, -0.25) is 14.6 Å². The average molecular weight is 575 g/mol. The molecule has 2 aliphatic rings. The molecular weight excluding hydrogens is 541 g/mol. The zero-order chi connectivity index (χ0) is 29.9. The van der Waals surface area contributed by atoms with Crippen LogP contribution in [-0.2, 0) is 15.7 Å². The maximum Gasteiger partial charge on any atom is 0.416 e. The molecule has 0 aromatic heterocycles. The van der Waals surface area contributed by atoms with Crippen molar-refractivity contribution in [3.05, 3.63) is 76.5 Å². The van der Waals surface area contributed by atoms with E-state index < -0.39 is 29.8 Å². The molecule has 220 valence electrons. The fourth-order valence-corrected chi connectivity index (χ4v) is 5.12. The summed E-state index contributed by atoms with van der Waals surface area (Å²) in [6, 6.07) is 9.61. The summed E-state index contributed by atoms with van der Waals surface area (Å²) >= 11 is 0. The number of likely N-dealkylation sites (N-methyl/N-ethyl adjacent to an activating group) is 1. The number of halogens is 3. The Morgan fingerprint density at radius 1 is 1.10 bits per heavy atom. The predicted octanol–water partition coefficient (Wildman–Crippen LogP) is 4.07. The quantitative estimate of drug-likeness (QED) is 0.502. The molecule has 1 fully saturated rings. The van der Waals surface area contributed by atoms with E-state index in [4.69, 9.17) is 9.47 Å². The summed E-state index contributed by atoms with van der Waals surface area (Å²) in [5, 5.41) is 2.72. The lowest BCUT2D eigenvalue weighted by Crippen LogP contribution is -2.56. The van der Waals surface area contributed by atoms with Crippen molar-refractivity contribution in [3.8, 4) is 5.75 Å². The van der Waals surface area contributed by atoms with Crippen LogP contribution in [0.2, 0.25) is 0 Å². The van der Waals surface area contributed by atoms with E-state index >= 15 is 0 Å². The molecule has 0 aliphatic carbocycles. The highest BCUT2D eigenvalue weighted by Crippen LogP contribution is 2.34. The Morgan fingerprint density at radius 3 is 2.41 bits per heavy atom. The Labute approximate surface area is 236 Å². The minimum Gasteiger partial charge on any atom is -0.497 e. The van der Waals surface area contributed by atoms with Gasteiger partial charge in [0.05, 0.1) is 30.9 Å². The lowest BCUT2D eigenvalue weighted by Gasteiger charge is -2.42. The third kappa shape index (κ3) is 6.48. The summed E-state index contributed by atoms with van der Waals surface area (Å²) in [4.78, 5) is 44.5. The van der Waals surface area contributed by atoms with Crippen LogP contribution in [0.15, 0.2) is 59.8 Å². The Morgan fingerprint density at radius 2 is 1.80 bits per heavy atom. The van der Waals surface area contributed by atoms with Gasteiger partial charge in [-0.1, -0.05) is 18.2 Å². The first-order valence-electron chi connectivity index (χ1n) is 13.2. The molecule has 2 heterocycles. The zero-order valence-electron chi connectivity index (χ0n) is 23.3. The summed E-state index contributed by atoms with van der Waals surface area (Å²) in [5.41, 5.74) is 0.535. The number of methoxy groups -OCH3 is 1. The summed E-state index contributed by atoms with van der Waals surface area (Å²) in [5.74, 6) is -0.208. The first kappa shape index (κ1) is 29.9. The third-order valence-corrected chi connectivity index (χ3v) is 7.31. The molecule has 0 saturated carbocycles. The summed E-state index contributed by atoms with van der Waals surface area (Å²) < 4.78 is 50.0. The van der Waals surface area contributed by atoms with Crippen molar-refractivity contribution < 1.29 is 37.0 Å². The largest absolute Gasteiger partial charge is 0.497 e. The van der Waals surface area contributed by atoms with Crippen molar-refractivity contribution in [1.82, 2.24) is 20.0 Å². The number of nitrogens with zero attached hydrogens (tertiary/aromatic N) is 3. The average Bonchev–Trinajstić information content (AvgIpc) is 2.94. The number of hydrogen-bond acceptors (Lipinski definition) is 6. The molecular formula is C29H33F3N4O5. The number of carbonyl (C=O) groups is 3. The van der Waals surface area contributed by atoms with E-state index in [0.29, 0.717) is 42.2 Å². The van der Waals surface area contributed by atoms with E-state index in [1.54, 1.807) is 36.1 Å². The Hall–Kier alpha value is -4.06. The zero-order valence-corrected chi connectivity index (χ0v) is 23.3. The minimum absolute atomic E-state index is 0.0785. The Bertz CT molecular complexity index is 1330. The van der Waals surface area contributed by atoms with Gasteiger partial charge >= 0.3 is 18.2 Å². The predicted molar refractivity (Wildman–Crippen MR) is 144 cm³/mol. The van der Waals surface area contributed by atoms with Gasteiger partial charge in [0.25, 0.3) is 5.91 Å². The highest BCUT2D eigenvalue weighted by atomic mass is 19.4. The molecule has 2 aromatic carbocycles. The molecule has 9 nitrogen and oxygen atoms in total. The van der Waals surface area contributed by atoms with Gasteiger partial charge in [0.1, 0.15) is 5.75 Å².